The maximum absolute atomic E-state index is 12.0. The predicted molar refractivity (Wildman–Crippen MR) is 71.0 cm³/mol. The van der Waals surface area contributed by atoms with Gasteiger partial charge in [0.25, 0.3) is 5.91 Å². The second-order valence-corrected chi connectivity index (χ2v) is 4.45. The Morgan fingerprint density at radius 3 is 2.50 bits per heavy atom. The molecule has 7 heteroatoms. The fourth-order valence-corrected chi connectivity index (χ4v) is 1.71. The Hall–Kier alpha value is -2.44. The second kappa shape index (κ2) is 6.65. The molecule has 0 aliphatic carbocycles. The van der Waals surface area contributed by atoms with Crippen molar-refractivity contribution in [1.82, 2.24) is 10.3 Å². The van der Waals surface area contributed by atoms with Gasteiger partial charge in [-0.05, 0) is 32.4 Å². The molecule has 108 valence electrons. The van der Waals surface area contributed by atoms with Gasteiger partial charge in [0.1, 0.15) is 6.04 Å². The van der Waals surface area contributed by atoms with Gasteiger partial charge in [-0.25, -0.2) is 4.79 Å². The van der Waals surface area contributed by atoms with Gasteiger partial charge in [-0.1, -0.05) is 0 Å². The van der Waals surface area contributed by atoms with Crippen molar-refractivity contribution in [2.24, 2.45) is 5.73 Å². The monoisotopic (exact) mass is 279 g/mol. The van der Waals surface area contributed by atoms with Crippen LogP contribution in [0.15, 0.2) is 12.1 Å². The number of amides is 2. The van der Waals surface area contributed by atoms with Crippen molar-refractivity contribution in [3.05, 3.63) is 29.1 Å². The van der Waals surface area contributed by atoms with Gasteiger partial charge in [0.15, 0.2) is 0 Å². The van der Waals surface area contributed by atoms with Crippen LogP contribution in [-0.4, -0.2) is 33.9 Å². The first-order valence-corrected chi connectivity index (χ1v) is 6.07. The van der Waals surface area contributed by atoms with Crippen LogP contribution in [0.1, 0.15) is 34.6 Å². The molecule has 0 aromatic carbocycles. The number of carboxylic acid groups (broad SMARTS) is 1. The quantitative estimate of drug-likeness (QED) is 0.684. The van der Waals surface area contributed by atoms with Crippen molar-refractivity contribution < 1.29 is 19.5 Å². The summed E-state index contributed by atoms with van der Waals surface area (Å²) in [5, 5.41) is 11.4. The van der Waals surface area contributed by atoms with Crippen LogP contribution in [0.3, 0.4) is 0 Å². The molecule has 1 aromatic heterocycles. The van der Waals surface area contributed by atoms with Crippen molar-refractivity contribution in [1.29, 1.82) is 0 Å². The molecule has 0 radical (unpaired) electrons. The summed E-state index contributed by atoms with van der Waals surface area (Å²) in [7, 11) is 0. The zero-order valence-electron chi connectivity index (χ0n) is 11.3. The number of rotatable bonds is 6. The fourth-order valence-electron chi connectivity index (χ4n) is 1.71. The average Bonchev–Trinajstić information content (AvgIpc) is 2.33. The van der Waals surface area contributed by atoms with E-state index in [-0.39, 0.29) is 12.8 Å². The predicted octanol–water partition coefficient (Wildman–Crippen LogP) is 0.147. The van der Waals surface area contributed by atoms with E-state index in [1.165, 1.54) is 0 Å². The van der Waals surface area contributed by atoms with Crippen LogP contribution in [0.2, 0.25) is 0 Å². The van der Waals surface area contributed by atoms with Crippen LogP contribution < -0.4 is 11.1 Å². The summed E-state index contributed by atoms with van der Waals surface area (Å²) < 4.78 is 0. The molecule has 0 saturated carbocycles. The Bertz CT molecular complexity index is 542. The van der Waals surface area contributed by atoms with E-state index in [4.69, 9.17) is 10.8 Å². The number of carbonyl (C=O) groups excluding carboxylic acids is 2. The molecule has 0 saturated heterocycles. The average molecular weight is 279 g/mol. The molecular formula is C13H17N3O4. The highest BCUT2D eigenvalue weighted by atomic mass is 16.4. The maximum atomic E-state index is 12.0. The number of hydrogen-bond donors (Lipinski definition) is 3. The number of carboxylic acids is 1. The summed E-state index contributed by atoms with van der Waals surface area (Å²) >= 11 is 0. The normalized spacial score (nSPS) is 11.7. The molecular weight excluding hydrogens is 262 g/mol. The van der Waals surface area contributed by atoms with Gasteiger partial charge in [-0.3, -0.25) is 14.6 Å². The molecule has 0 aliphatic heterocycles. The molecule has 0 spiro atoms. The van der Waals surface area contributed by atoms with Gasteiger partial charge in [-0.2, -0.15) is 0 Å². The molecule has 0 aliphatic rings. The third-order valence-corrected chi connectivity index (χ3v) is 2.75. The zero-order valence-corrected chi connectivity index (χ0v) is 11.3. The summed E-state index contributed by atoms with van der Waals surface area (Å²) in [6.45, 7) is 3.46. The van der Waals surface area contributed by atoms with Crippen molar-refractivity contribution in [2.75, 3.05) is 0 Å². The SMILES string of the molecule is Cc1ccc(C(=O)NC(CCC(N)=O)C(=O)O)c(C)n1. The van der Waals surface area contributed by atoms with Crippen molar-refractivity contribution >= 4 is 17.8 Å². The Morgan fingerprint density at radius 1 is 1.35 bits per heavy atom. The smallest absolute Gasteiger partial charge is 0.326 e. The molecule has 0 bridgehead atoms. The summed E-state index contributed by atoms with van der Waals surface area (Å²) in [5.41, 5.74) is 6.56. The number of aliphatic carboxylic acids is 1. The van der Waals surface area contributed by atoms with Gasteiger partial charge < -0.3 is 16.2 Å². The minimum absolute atomic E-state index is 0.0469. The number of nitrogens with one attached hydrogen (secondary N) is 1. The zero-order chi connectivity index (χ0) is 15.3. The summed E-state index contributed by atoms with van der Waals surface area (Å²) in [5.74, 6) is -2.36. The molecule has 0 fully saturated rings. The molecule has 20 heavy (non-hydrogen) atoms. The Balaban J connectivity index is 2.80. The van der Waals surface area contributed by atoms with Crippen molar-refractivity contribution in [3.8, 4) is 0 Å². The number of carbonyl (C=O) groups is 3. The number of hydrogen-bond acceptors (Lipinski definition) is 4. The fraction of sp³-hybridized carbons (Fsp3) is 0.385. The third kappa shape index (κ3) is 4.34. The molecule has 2 amide bonds. The Morgan fingerprint density at radius 2 is 2.00 bits per heavy atom. The molecule has 1 rings (SSSR count). The lowest BCUT2D eigenvalue weighted by Crippen LogP contribution is -2.41. The van der Waals surface area contributed by atoms with E-state index in [1.54, 1.807) is 26.0 Å². The summed E-state index contributed by atoms with van der Waals surface area (Å²) in [6, 6.07) is 2.09. The Kier molecular flexibility index (Phi) is 5.19. The van der Waals surface area contributed by atoms with Gasteiger partial charge in [0.05, 0.1) is 11.3 Å². The van der Waals surface area contributed by atoms with Gasteiger partial charge in [-0.15, -0.1) is 0 Å². The van der Waals surface area contributed by atoms with Crippen LogP contribution in [0.5, 0.6) is 0 Å². The van der Waals surface area contributed by atoms with E-state index in [0.29, 0.717) is 11.3 Å². The summed E-state index contributed by atoms with van der Waals surface area (Å²) in [4.78, 5) is 37.9. The topological polar surface area (TPSA) is 122 Å². The van der Waals surface area contributed by atoms with E-state index in [1.807, 2.05) is 0 Å². The highest BCUT2D eigenvalue weighted by Gasteiger charge is 2.22. The number of aryl methyl sites for hydroxylation is 2. The number of pyridine rings is 1. The van der Waals surface area contributed by atoms with E-state index in [0.717, 1.165) is 5.69 Å². The van der Waals surface area contributed by atoms with Crippen LogP contribution in [0.25, 0.3) is 0 Å². The second-order valence-electron chi connectivity index (χ2n) is 4.45. The van der Waals surface area contributed by atoms with Crippen molar-refractivity contribution in [3.63, 3.8) is 0 Å². The first-order chi connectivity index (χ1) is 9.31. The molecule has 1 unspecified atom stereocenters. The molecule has 4 N–H and O–H groups in total. The van der Waals surface area contributed by atoms with E-state index in [2.05, 4.69) is 10.3 Å². The first-order valence-electron chi connectivity index (χ1n) is 6.07. The van der Waals surface area contributed by atoms with E-state index >= 15 is 0 Å². The van der Waals surface area contributed by atoms with Crippen LogP contribution in [-0.2, 0) is 9.59 Å². The summed E-state index contributed by atoms with van der Waals surface area (Å²) in [6.07, 6.45) is -0.156. The molecule has 1 atom stereocenters. The number of aromatic nitrogens is 1. The minimum atomic E-state index is -1.21. The van der Waals surface area contributed by atoms with Crippen LogP contribution >= 0.6 is 0 Å². The molecule has 1 heterocycles. The number of nitrogens with two attached hydrogens (primary N) is 1. The number of primary amides is 1. The highest BCUT2D eigenvalue weighted by molar-refractivity contribution is 5.97. The van der Waals surface area contributed by atoms with Gasteiger partial charge >= 0.3 is 5.97 Å². The molecule has 1 aromatic rings. The van der Waals surface area contributed by atoms with Crippen molar-refractivity contribution in [2.45, 2.75) is 32.7 Å². The standard InChI is InChI=1S/C13H17N3O4/c1-7-3-4-9(8(2)15-7)12(18)16-10(13(19)20)5-6-11(14)17/h3-4,10H,5-6H2,1-2H3,(H2,14,17)(H,16,18)(H,19,20). The molecule has 7 nitrogen and oxygen atoms in total. The van der Waals surface area contributed by atoms with E-state index in [9.17, 15) is 14.4 Å². The van der Waals surface area contributed by atoms with E-state index < -0.39 is 23.8 Å². The lowest BCUT2D eigenvalue weighted by Gasteiger charge is -2.14. The first kappa shape index (κ1) is 15.6. The lowest BCUT2D eigenvalue weighted by atomic mass is 10.1. The highest BCUT2D eigenvalue weighted by Crippen LogP contribution is 2.08. The van der Waals surface area contributed by atoms with Gasteiger partial charge in [0, 0.05) is 12.1 Å². The largest absolute Gasteiger partial charge is 0.480 e. The lowest BCUT2D eigenvalue weighted by molar-refractivity contribution is -0.139. The Labute approximate surface area is 116 Å². The minimum Gasteiger partial charge on any atom is -0.480 e. The van der Waals surface area contributed by atoms with Crippen LogP contribution in [0.4, 0.5) is 0 Å². The number of nitrogens with zero attached hydrogens (tertiary/aromatic N) is 1. The van der Waals surface area contributed by atoms with Crippen LogP contribution in [0, 0.1) is 13.8 Å². The van der Waals surface area contributed by atoms with Gasteiger partial charge in [0.2, 0.25) is 5.91 Å². The third-order valence-electron chi connectivity index (χ3n) is 2.75. The maximum Gasteiger partial charge on any atom is 0.326 e.